The molecule has 6 heteroatoms. The van der Waals surface area contributed by atoms with E-state index >= 15 is 0 Å². The fourth-order valence-corrected chi connectivity index (χ4v) is 2.65. The van der Waals surface area contributed by atoms with Crippen molar-refractivity contribution in [1.29, 1.82) is 0 Å². The lowest BCUT2D eigenvalue weighted by atomic mass is 10.1. The van der Waals surface area contributed by atoms with Crippen molar-refractivity contribution in [2.75, 3.05) is 18.1 Å². The number of nitrogens with zero attached hydrogens (tertiary/aromatic N) is 2. The second-order valence-corrected chi connectivity index (χ2v) is 5.34. The van der Waals surface area contributed by atoms with E-state index in [9.17, 15) is 14.9 Å². The van der Waals surface area contributed by atoms with E-state index in [0.717, 1.165) is 11.1 Å². The molecular formula is C17H16N2O4. The van der Waals surface area contributed by atoms with Crippen LogP contribution in [0.1, 0.15) is 11.1 Å². The van der Waals surface area contributed by atoms with E-state index in [1.807, 2.05) is 30.3 Å². The third-order valence-electron chi connectivity index (χ3n) is 3.81. The number of ether oxygens (including phenoxy) is 1. The van der Waals surface area contributed by atoms with Gasteiger partial charge in [0.05, 0.1) is 17.2 Å². The number of carbonyl (C=O) groups is 1. The van der Waals surface area contributed by atoms with Crippen molar-refractivity contribution in [2.45, 2.75) is 13.0 Å². The van der Waals surface area contributed by atoms with Crippen molar-refractivity contribution >= 4 is 17.3 Å². The summed E-state index contributed by atoms with van der Waals surface area (Å²) in [5.74, 6) is -0.180. The van der Waals surface area contributed by atoms with E-state index < -0.39 is 4.92 Å². The van der Waals surface area contributed by atoms with Crippen LogP contribution in [-0.4, -0.2) is 24.0 Å². The van der Waals surface area contributed by atoms with E-state index in [2.05, 4.69) is 0 Å². The van der Waals surface area contributed by atoms with Gasteiger partial charge in [0.2, 0.25) is 0 Å². The van der Waals surface area contributed by atoms with Gasteiger partial charge in [-0.2, -0.15) is 0 Å². The molecule has 3 rings (SSSR count). The maximum atomic E-state index is 12.3. The molecule has 0 bridgehead atoms. The van der Waals surface area contributed by atoms with Gasteiger partial charge < -0.3 is 9.64 Å². The number of nitro groups is 1. The molecule has 0 spiro atoms. The molecule has 1 amide bonds. The number of rotatable bonds is 5. The summed E-state index contributed by atoms with van der Waals surface area (Å²) in [4.78, 5) is 24.3. The number of amides is 1. The van der Waals surface area contributed by atoms with Crippen molar-refractivity contribution in [3.63, 3.8) is 0 Å². The summed E-state index contributed by atoms with van der Waals surface area (Å²) < 4.78 is 5.46. The fourth-order valence-electron chi connectivity index (χ4n) is 2.65. The van der Waals surface area contributed by atoms with Crippen LogP contribution in [0.5, 0.6) is 0 Å². The van der Waals surface area contributed by atoms with Gasteiger partial charge in [0.25, 0.3) is 11.6 Å². The maximum Gasteiger partial charge on any atom is 0.271 e. The standard InChI is InChI=1S/C17H16N2O4/c20-17(12-23-11-13-4-2-1-3-5-13)18-9-8-14-6-7-15(19(21)22)10-16(14)18/h1-7,10H,8-9,11-12H2. The predicted octanol–water partition coefficient (Wildman–Crippen LogP) is 2.70. The molecule has 2 aromatic carbocycles. The molecule has 0 saturated heterocycles. The molecule has 2 aromatic rings. The van der Waals surface area contributed by atoms with E-state index in [4.69, 9.17) is 4.74 Å². The third-order valence-corrected chi connectivity index (χ3v) is 3.81. The minimum atomic E-state index is -0.451. The Bertz CT molecular complexity index is 731. The zero-order valence-corrected chi connectivity index (χ0v) is 12.5. The van der Waals surface area contributed by atoms with E-state index in [-0.39, 0.29) is 18.2 Å². The monoisotopic (exact) mass is 312 g/mol. The maximum absolute atomic E-state index is 12.3. The highest BCUT2D eigenvalue weighted by Crippen LogP contribution is 2.31. The fraction of sp³-hybridized carbons (Fsp3) is 0.235. The molecule has 0 aromatic heterocycles. The highest BCUT2D eigenvalue weighted by atomic mass is 16.6. The smallest absolute Gasteiger partial charge is 0.271 e. The van der Waals surface area contributed by atoms with Crippen LogP contribution in [-0.2, 0) is 22.6 Å². The second-order valence-electron chi connectivity index (χ2n) is 5.34. The molecule has 1 heterocycles. The van der Waals surface area contributed by atoms with E-state index in [0.29, 0.717) is 25.3 Å². The largest absolute Gasteiger partial charge is 0.367 e. The highest BCUT2D eigenvalue weighted by Gasteiger charge is 2.26. The average molecular weight is 312 g/mol. The van der Waals surface area contributed by atoms with Crippen LogP contribution < -0.4 is 4.90 Å². The first-order valence-corrected chi connectivity index (χ1v) is 7.34. The first kappa shape index (κ1) is 15.2. The number of nitro benzene ring substituents is 1. The van der Waals surface area contributed by atoms with E-state index in [1.165, 1.54) is 12.1 Å². The summed E-state index contributed by atoms with van der Waals surface area (Å²) in [6.45, 7) is 0.850. The van der Waals surface area contributed by atoms with E-state index in [1.54, 1.807) is 11.0 Å². The summed E-state index contributed by atoms with van der Waals surface area (Å²) in [6.07, 6.45) is 0.706. The van der Waals surface area contributed by atoms with Gasteiger partial charge in [0.1, 0.15) is 6.61 Å². The number of carbonyl (C=O) groups excluding carboxylic acids is 1. The topological polar surface area (TPSA) is 72.7 Å². The molecule has 23 heavy (non-hydrogen) atoms. The van der Waals surface area contributed by atoms with Crippen molar-refractivity contribution in [2.24, 2.45) is 0 Å². The Hall–Kier alpha value is -2.73. The Kier molecular flexibility index (Phi) is 4.34. The van der Waals surface area contributed by atoms with Crippen LogP contribution in [0.15, 0.2) is 48.5 Å². The molecule has 0 saturated carbocycles. The van der Waals surface area contributed by atoms with Crippen molar-refractivity contribution < 1.29 is 14.5 Å². The number of benzene rings is 2. The molecule has 1 aliphatic heterocycles. The Morgan fingerprint density at radius 2 is 2.00 bits per heavy atom. The van der Waals surface area contributed by atoms with Crippen LogP contribution in [0.4, 0.5) is 11.4 Å². The zero-order valence-electron chi connectivity index (χ0n) is 12.5. The van der Waals surface area contributed by atoms with Gasteiger partial charge in [0, 0.05) is 18.7 Å². The Morgan fingerprint density at radius 3 is 2.74 bits per heavy atom. The van der Waals surface area contributed by atoms with Gasteiger partial charge >= 0.3 is 0 Å². The van der Waals surface area contributed by atoms with Crippen LogP contribution in [0.25, 0.3) is 0 Å². The number of hydrogen-bond donors (Lipinski definition) is 0. The lowest BCUT2D eigenvalue weighted by Gasteiger charge is -2.17. The quantitative estimate of drug-likeness (QED) is 0.628. The summed E-state index contributed by atoms with van der Waals surface area (Å²) in [6, 6.07) is 14.2. The summed E-state index contributed by atoms with van der Waals surface area (Å²) in [7, 11) is 0. The van der Waals surface area contributed by atoms with Gasteiger partial charge in [-0.15, -0.1) is 0 Å². The Balaban J connectivity index is 1.63. The molecule has 0 N–H and O–H groups in total. The SMILES string of the molecule is O=C(COCc1ccccc1)N1CCc2ccc([N+](=O)[O-])cc21. The molecule has 0 radical (unpaired) electrons. The van der Waals surface area contributed by atoms with Crippen LogP contribution >= 0.6 is 0 Å². The minimum absolute atomic E-state index is 0.00588. The molecule has 0 unspecified atom stereocenters. The van der Waals surface area contributed by atoms with Gasteiger partial charge in [-0.1, -0.05) is 36.4 Å². The van der Waals surface area contributed by atoms with Gasteiger partial charge in [-0.05, 0) is 17.5 Å². The third kappa shape index (κ3) is 3.37. The van der Waals surface area contributed by atoms with Gasteiger partial charge in [-0.3, -0.25) is 14.9 Å². The highest BCUT2D eigenvalue weighted by molar-refractivity contribution is 5.96. The first-order chi connectivity index (χ1) is 11.1. The van der Waals surface area contributed by atoms with Gasteiger partial charge in [-0.25, -0.2) is 0 Å². The molecular weight excluding hydrogens is 296 g/mol. The number of non-ortho nitro benzene ring substituents is 1. The number of fused-ring (bicyclic) bond motifs is 1. The summed E-state index contributed by atoms with van der Waals surface area (Å²) in [5.41, 5.74) is 2.56. The lowest BCUT2D eigenvalue weighted by molar-refractivity contribution is -0.384. The lowest BCUT2D eigenvalue weighted by Crippen LogP contribution is -2.32. The second kappa shape index (κ2) is 6.58. The first-order valence-electron chi connectivity index (χ1n) is 7.34. The van der Waals surface area contributed by atoms with Crippen molar-refractivity contribution in [1.82, 2.24) is 0 Å². The molecule has 1 aliphatic rings. The minimum Gasteiger partial charge on any atom is -0.367 e. The average Bonchev–Trinajstić information content (AvgIpc) is 2.98. The molecule has 0 atom stereocenters. The normalized spacial score (nSPS) is 13.0. The molecule has 118 valence electrons. The Labute approximate surface area is 133 Å². The predicted molar refractivity (Wildman–Crippen MR) is 85.3 cm³/mol. The molecule has 6 nitrogen and oxygen atoms in total. The number of anilines is 1. The zero-order chi connectivity index (χ0) is 16.2. The van der Waals surface area contributed by atoms with Crippen LogP contribution in [0.2, 0.25) is 0 Å². The summed E-state index contributed by atoms with van der Waals surface area (Å²) >= 11 is 0. The summed E-state index contributed by atoms with van der Waals surface area (Å²) in [5, 5.41) is 10.9. The number of hydrogen-bond acceptors (Lipinski definition) is 4. The Morgan fingerprint density at radius 1 is 1.22 bits per heavy atom. The van der Waals surface area contributed by atoms with Gasteiger partial charge in [0.15, 0.2) is 0 Å². The van der Waals surface area contributed by atoms with Crippen molar-refractivity contribution in [3.8, 4) is 0 Å². The molecule has 0 aliphatic carbocycles. The molecule has 0 fully saturated rings. The van der Waals surface area contributed by atoms with Crippen LogP contribution in [0, 0.1) is 10.1 Å². The van der Waals surface area contributed by atoms with Crippen molar-refractivity contribution in [3.05, 3.63) is 69.8 Å². The van der Waals surface area contributed by atoms with Crippen LogP contribution in [0.3, 0.4) is 0 Å².